The number of amides is 1. The fraction of sp³-hybridized carbons (Fsp3) is 0.467. The molecule has 2 heterocycles. The number of aryl methyl sites for hydroxylation is 2. The number of fused-ring (bicyclic) bond motifs is 1. The van der Waals surface area contributed by atoms with Gasteiger partial charge in [-0.05, 0) is 32.8 Å². The van der Waals surface area contributed by atoms with Crippen molar-refractivity contribution in [3.8, 4) is 0 Å². The van der Waals surface area contributed by atoms with E-state index in [4.69, 9.17) is 4.74 Å². The fourth-order valence-electron chi connectivity index (χ4n) is 2.69. The summed E-state index contributed by atoms with van der Waals surface area (Å²) in [5, 5.41) is 7.39. The van der Waals surface area contributed by atoms with Gasteiger partial charge in [-0.15, -0.1) is 11.3 Å². The van der Waals surface area contributed by atoms with Gasteiger partial charge in [0.15, 0.2) is 5.13 Å². The van der Waals surface area contributed by atoms with Crippen molar-refractivity contribution in [1.82, 2.24) is 14.8 Å². The summed E-state index contributed by atoms with van der Waals surface area (Å²) in [4.78, 5) is 29.7. The van der Waals surface area contributed by atoms with E-state index in [0.717, 1.165) is 23.4 Å². The fourth-order valence-corrected chi connectivity index (χ4v) is 3.73. The molecule has 3 rings (SSSR count). The molecule has 7 nitrogen and oxygen atoms in total. The maximum absolute atomic E-state index is 12.3. The van der Waals surface area contributed by atoms with E-state index >= 15 is 0 Å². The van der Waals surface area contributed by atoms with E-state index < -0.39 is 0 Å². The molecule has 2 aromatic heterocycles. The smallest absolute Gasteiger partial charge is 0.315 e. The molecule has 0 aromatic carbocycles. The van der Waals surface area contributed by atoms with E-state index in [0.29, 0.717) is 24.0 Å². The SMILES string of the molecule is CCOC(=O)C1CCc2sc(NC(=O)c3ccnn3CC)nc21. The molecule has 0 aliphatic heterocycles. The normalized spacial score (nSPS) is 16.2. The molecule has 122 valence electrons. The van der Waals surface area contributed by atoms with Gasteiger partial charge in [0.05, 0.1) is 12.3 Å². The molecule has 1 N–H and O–H groups in total. The average Bonchev–Trinajstić information content (AvgIpc) is 3.21. The Morgan fingerprint density at radius 2 is 2.30 bits per heavy atom. The Hall–Kier alpha value is -2.22. The van der Waals surface area contributed by atoms with Crippen LogP contribution in [0.15, 0.2) is 12.3 Å². The van der Waals surface area contributed by atoms with E-state index in [2.05, 4.69) is 15.4 Å². The van der Waals surface area contributed by atoms with Crippen LogP contribution in [0.2, 0.25) is 0 Å². The van der Waals surface area contributed by atoms with Crippen molar-refractivity contribution < 1.29 is 14.3 Å². The van der Waals surface area contributed by atoms with E-state index in [1.807, 2.05) is 6.92 Å². The highest BCUT2D eigenvalue weighted by atomic mass is 32.1. The molecule has 8 heteroatoms. The van der Waals surface area contributed by atoms with Crippen LogP contribution in [0.5, 0.6) is 0 Å². The number of aromatic nitrogens is 3. The predicted molar refractivity (Wildman–Crippen MR) is 85.7 cm³/mol. The minimum atomic E-state index is -0.312. The largest absolute Gasteiger partial charge is 0.465 e. The first kappa shape index (κ1) is 15.7. The second kappa shape index (κ2) is 6.49. The van der Waals surface area contributed by atoms with Gasteiger partial charge in [0.25, 0.3) is 5.91 Å². The molecular weight excluding hydrogens is 316 g/mol. The number of nitrogens with zero attached hydrogens (tertiary/aromatic N) is 3. The third kappa shape index (κ3) is 2.98. The first-order chi connectivity index (χ1) is 11.1. The first-order valence-electron chi connectivity index (χ1n) is 7.63. The van der Waals surface area contributed by atoms with Crippen molar-refractivity contribution >= 4 is 28.3 Å². The van der Waals surface area contributed by atoms with Gasteiger partial charge in [0.2, 0.25) is 0 Å². The predicted octanol–water partition coefficient (Wildman–Crippen LogP) is 2.20. The molecule has 1 aliphatic carbocycles. The number of carbonyl (C=O) groups is 2. The van der Waals surface area contributed by atoms with Crippen LogP contribution < -0.4 is 5.32 Å². The van der Waals surface area contributed by atoms with Crippen LogP contribution in [0, 0.1) is 0 Å². The number of esters is 1. The lowest BCUT2D eigenvalue weighted by Crippen LogP contribution is -2.18. The average molecular weight is 334 g/mol. The first-order valence-corrected chi connectivity index (χ1v) is 8.45. The zero-order valence-electron chi connectivity index (χ0n) is 13.0. The van der Waals surface area contributed by atoms with Crippen molar-refractivity contribution in [3.05, 3.63) is 28.5 Å². The molecule has 0 spiro atoms. The highest BCUT2D eigenvalue weighted by Crippen LogP contribution is 2.39. The van der Waals surface area contributed by atoms with E-state index in [1.54, 1.807) is 23.9 Å². The lowest BCUT2D eigenvalue weighted by atomic mass is 10.1. The highest BCUT2D eigenvalue weighted by Gasteiger charge is 2.33. The summed E-state index contributed by atoms with van der Waals surface area (Å²) in [6.45, 7) is 4.69. The minimum Gasteiger partial charge on any atom is -0.465 e. The standard InChI is InChI=1S/C15H18N4O3S/c1-3-19-10(7-8-16-19)13(20)18-15-17-12-9(14(21)22-4-2)5-6-11(12)23-15/h7-9H,3-6H2,1-2H3,(H,17,18,20). The number of nitrogens with one attached hydrogen (secondary N) is 1. The van der Waals surface area contributed by atoms with E-state index in [-0.39, 0.29) is 17.8 Å². The summed E-state index contributed by atoms with van der Waals surface area (Å²) >= 11 is 1.42. The summed E-state index contributed by atoms with van der Waals surface area (Å²) in [5.74, 6) is -0.795. The van der Waals surface area contributed by atoms with Gasteiger partial charge >= 0.3 is 5.97 Å². The van der Waals surface area contributed by atoms with E-state index in [9.17, 15) is 9.59 Å². The molecular formula is C15H18N4O3S. The number of anilines is 1. The van der Waals surface area contributed by atoms with Crippen molar-refractivity contribution in [2.24, 2.45) is 0 Å². The third-order valence-electron chi connectivity index (χ3n) is 3.76. The minimum absolute atomic E-state index is 0.238. The number of hydrogen-bond donors (Lipinski definition) is 1. The Morgan fingerprint density at radius 3 is 3.04 bits per heavy atom. The summed E-state index contributed by atoms with van der Waals surface area (Å²) in [7, 11) is 0. The van der Waals surface area contributed by atoms with Crippen molar-refractivity contribution in [2.45, 2.75) is 39.2 Å². The third-order valence-corrected chi connectivity index (χ3v) is 4.80. The van der Waals surface area contributed by atoms with Crippen molar-refractivity contribution in [2.75, 3.05) is 11.9 Å². The number of carbonyl (C=O) groups excluding carboxylic acids is 2. The Labute approximate surface area is 137 Å². The monoisotopic (exact) mass is 334 g/mol. The number of ether oxygens (including phenoxy) is 1. The zero-order valence-corrected chi connectivity index (χ0v) is 13.9. The van der Waals surface area contributed by atoms with Crippen LogP contribution in [-0.4, -0.2) is 33.2 Å². The number of thiazole rings is 1. The van der Waals surface area contributed by atoms with Gasteiger partial charge in [-0.1, -0.05) is 0 Å². The van der Waals surface area contributed by atoms with Crippen LogP contribution in [0.25, 0.3) is 0 Å². The van der Waals surface area contributed by atoms with Crippen LogP contribution in [0.4, 0.5) is 5.13 Å². The highest BCUT2D eigenvalue weighted by molar-refractivity contribution is 7.16. The molecule has 0 saturated heterocycles. The van der Waals surface area contributed by atoms with Crippen LogP contribution in [0.1, 0.15) is 47.2 Å². The lowest BCUT2D eigenvalue weighted by molar-refractivity contribution is -0.145. The van der Waals surface area contributed by atoms with Gasteiger partial charge in [-0.25, -0.2) is 4.98 Å². The molecule has 1 unspecified atom stereocenters. The van der Waals surface area contributed by atoms with Crippen LogP contribution in [-0.2, 0) is 22.5 Å². The molecule has 2 aromatic rings. The van der Waals surface area contributed by atoms with Crippen molar-refractivity contribution in [1.29, 1.82) is 0 Å². The summed E-state index contributed by atoms with van der Waals surface area (Å²) < 4.78 is 6.71. The molecule has 0 bridgehead atoms. The molecule has 0 radical (unpaired) electrons. The van der Waals surface area contributed by atoms with Gasteiger partial charge in [0.1, 0.15) is 11.6 Å². The second-order valence-electron chi connectivity index (χ2n) is 5.16. The van der Waals surface area contributed by atoms with Gasteiger partial charge in [-0.3, -0.25) is 19.6 Å². The van der Waals surface area contributed by atoms with Gasteiger partial charge < -0.3 is 4.74 Å². The number of rotatable bonds is 5. The zero-order chi connectivity index (χ0) is 16.4. The molecule has 1 amide bonds. The molecule has 23 heavy (non-hydrogen) atoms. The quantitative estimate of drug-likeness (QED) is 0.847. The Morgan fingerprint density at radius 1 is 1.48 bits per heavy atom. The maximum Gasteiger partial charge on any atom is 0.315 e. The van der Waals surface area contributed by atoms with Gasteiger partial charge in [-0.2, -0.15) is 5.10 Å². The Bertz CT molecular complexity index is 737. The topological polar surface area (TPSA) is 86.1 Å². The van der Waals surface area contributed by atoms with E-state index in [1.165, 1.54) is 11.3 Å². The maximum atomic E-state index is 12.3. The van der Waals surface area contributed by atoms with Crippen molar-refractivity contribution in [3.63, 3.8) is 0 Å². The van der Waals surface area contributed by atoms with Gasteiger partial charge in [0, 0.05) is 17.6 Å². The summed E-state index contributed by atoms with van der Waals surface area (Å²) in [6.07, 6.45) is 3.11. The lowest BCUT2D eigenvalue weighted by Gasteiger charge is -2.08. The summed E-state index contributed by atoms with van der Waals surface area (Å²) in [6, 6.07) is 1.67. The second-order valence-corrected chi connectivity index (χ2v) is 6.24. The number of hydrogen-bond acceptors (Lipinski definition) is 6. The Kier molecular flexibility index (Phi) is 4.42. The molecule has 1 atom stereocenters. The van der Waals surface area contributed by atoms with Crippen LogP contribution >= 0.6 is 11.3 Å². The Balaban J connectivity index is 1.75. The van der Waals surface area contributed by atoms with Crippen LogP contribution in [0.3, 0.4) is 0 Å². The molecule has 1 aliphatic rings. The summed E-state index contributed by atoms with van der Waals surface area (Å²) in [5.41, 5.74) is 1.23. The molecule has 0 saturated carbocycles. The molecule has 0 fully saturated rings.